The smallest absolute Gasteiger partial charge is 0.310 e. The molecule has 3 N–H and O–H groups in total. The van der Waals surface area contributed by atoms with Crippen LogP contribution in [0.5, 0.6) is 0 Å². The Morgan fingerprint density at radius 1 is 1.43 bits per heavy atom. The van der Waals surface area contributed by atoms with Crippen LogP contribution in [0.15, 0.2) is 12.3 Å². The second-order valence-corrected chi connectivity index (χ2v) is 6.35. The van der Waals surface area contributed by atoms with Crippen LogP contribution in [0.3, 0.4) is 0 Å². The minimum Gasteiger partial charge on any atom is -0.481 e. The highest BCUT2D eigenvalue weighted by atomic mass is 35.5. The fourth-order valence-corrected chi connectivity index (χ4v) is 3.12. The number of carbonyl (C=O) groups is 2. The normalized spacial score (nSPS) is 15.3. The first-order chi connectivity index (χ1) is 10.7. The van der Waals surface area contributed by atoms with Gasteiger partial charge in [0.05, 0.1) is 23.0 Å². The molecule has 0 bridgehead atoms. The number of carboxylic acid groups (broad SMARTS) is 2. The Kier molecular flexibility index (Phi) is 4.66. The maximum Gasteiger partial charge on any atom is 0.310 e. The number of aliphatic carboxylic acids is 2. The Morgan fingerprint density at radius 3 is 2.61 bits per heavy atom. The SMILES string of the molecule is Cc1cc(C[C@](C)(C(=O)O)C(C)C(=O)O)c(CCl)c2cn[nH]c12. The lowest BCUT2D eigenvalue weighted by molar-refractivity contribution is -0.160. The van der Waals surface area contributed by atoms with Gasteiger partial charge in [0.2, 0.25) is 0 Å². The molecular weight excluding hydrogens is 320 g/mol. The van der Waals surface area contributed by atoms with Crippen LogP contribution in [0.1, 0.15) is 30.5 Å². The minimum atomic E-state index is -1.43. The predicted molar refractivity (Wildman–Crippen MR) is 86.6 cm³/mol. The van der Waals surface area contributed by atoms with Gasteiger partial charge in [0, 0.05) is 11.3 Å². The zero-order valence-corrected chi connectivity index (χ0v) is 13.9. The van der Waals surface area contributed by atoms with Crippen LogP contribution in [-0.4, -0.2) is 32.3 Å². The van der Waals surface area contributed by atoms with E-state index < -0.39 is 23.3 Å². The van der Waals surface area contributed by atoms with Crippen molar-refractivity contribution in [2.24, 2.45) is 11.3 Å². The number of rotatable bonds is 6. The van der Waals surface area contributed by atoms with E-state index in [-0.39, 0.29) is 12.3 Å². The van der Waals surface area contributed by atoms with Crippen molar-refractivity contribution in [1.82, 2.24) is 10.2 Å². The van der Waals surface area contributed by atoms with Gasteiger partial charge in [0.1, 0.15) is 0 Å². The Bertz CT molecular complexity index is 771. The number of nitrogens with zero attached hydrogens (tertiary/aromatic N) is 1. The molecule has 0 saturated carbocycles. The summed E-state index contributed by atoms with van der Waals surface area (Å²) in [5, 5.41) is 26.6. The van der Waals surface area contributed by atoms with Crippen LogP contribution < -0.4 is 0 Å². The highest BCUT2D eigenvalue weighted by Crippen LogP contribution is 2.36. The molecule has 0 radical (unpaired) electrons. The first kappa shape index (κ1) is 17.3. The molecule has 0 aliphatic heterocycles. The number of alkyl halides is 1. The van der Waals surface area contributed by atoms with Crippen molar-refractivity contribution in [2.75, 3.05) is 0 Å². The number of hydrogen-bond donors (Lipinski definition) is 3. The Balaban J connectivity index is 2.59. The van der Waals surface area contributed by atoms with E-state index in [0.717, 1.165) is 27.6 Å². The number of aromatic amines is 1. The van der Waals surface area contributed by atoms with Crippen molar-refractivity contribution < 1.29 is 19.8 Å². The van der Waals surface area contributed by atoms with E-state index in [9.17, 15) is 19.8 Å². The molecule has 7 heteroatoms. The summed E-state index contributed by atoms with van der Waals surface area (Å²) in [6, 6.07) is 1.86. The molecular formula is C16H19ClN2O4. The third-order valence-electron chi connectivity index (χ3n) is 4.64. The van der Waals surface area contributed by atoms with Crippen molar-refractivity contribution in [2.45, 2.75) is 33.1 Å². The first-order valence-electron chi connectivity index (χ1n) is 7.19. The molecule has 124 valence electrons. The van der Waals surface area contributed by atoms with Gasteiger partial charge in [0.25, 0.3) is 0 Å². The quantitative estimate of drug-likeness (QED) is 0.702. The summed E-state index contributed by atoms with van der Waals surface area (Å²) in [5.41, 5.74) is 1.86. The maximum absolute atomic E-state index is 11.8. The van der Waals surface area contributed by atoms with Gasteiger partial charge in [-0.05, 0) is 37.0 Å². The molecule has 0 amide bonds. The molecule has 2 rings (SSSR count). The number of nitrogens with one attached hydrogen (secondary N) is 1. The van der Waals surface area contributed by atoms with E-state index in [1.54, 1.807) is 6.20 Å². The van der Waals surface area contributed by atoms with Gasteiger partial charge >= 0.3 is 11.9 Å². The molecule has 1 aromatic carbocycles. The lowest BCUT2D eigenvalue weighted by atomic mass is 9.72. The summed E-state index contributed by atoms with van der Waals surface area (Å²) >= 11 is 6.07. The average Bonchev–Trinajstić information content (AvgIpc) is 2.96. The van der Waals surface area contributed by atoms with Gasteiger partial charge in [-0.3, -0.25) is 14.7 Å². The zero-order chi connectivity index (χ0) is 17.4. The lowest BCUT2D eigenvalue weighted by Crippen LogP contribution is -2.40. The van der Waals surface area contributed by atoms with Crippen molar-refractivity contribution in [1.29, 1.82) is 0 Å². The van der Waals surface area contributed by atoms with E-state index in [1.165, 1.54) is 13.8 Å². The number of aromatic nitrogens is 2. The summed E-state index contributed by atoms with van der Waals surface area (Å²) in [7, 11) is 0. The monoisotopic (exact) mass is 338 g/mol. The predicted octanol–water partition coefficient (Wildman–Crippen LogP) is 2.96. The van der Waals surface area contributed by atoms with Crippen LogP contribution in [0, 0.1) is 18.3 Å². The summed E-state index contributed by atoms with van der Waals surface area (Å²) < 4.78 is 0. The summed E-state index contributed by atoms with van der Waals surface area (Å²) in [6.45, 7) is 4.77. The third kappa shape index (κ3) is 2.91. The number of aryl methyl sites for hydroxylation is 1. The summed E-state index contributed by atoms with van der Waals surface area (Å²) in [6.07, 6.45) is 1.74. The Morgan fingerprint density at radius 2 is 2.09 bits per heavy atom. The zero-order valence-electron chi connectivity index (χ0n) is 13.2. The Labute approximate surface area is 138 Å². The minimum absolute atomic E-state index is 0.0831. The molecule has 2 atom stereocenters. The number of H-pyrrole nitrogens is 1. The number of fused-ring (bicyclic) bond motifs is 1. The van der Waals surface area contributed by atoms with E-state index in [1.807, 2.05) is 13.0 Å². The molecule has 1 aromatic heterocycles. The largest absolute Gasteiger partial charge is 0.481 e. The molecule has 0 aliphatic rings. The molecule has 1 unspecified atom stereocenters. The van der Waals surface area contributed by atoms with Crippen LogP contribution in [0.25, 0.3) is 10.9 Å². The van der Waals surface area contributed by atoms with Crippen molar-refractivity contribution in [3.63, 3.8) is 0 Å². The number of carboxylic acids is 2. The highest BCUT2D eigenvalue weighted by molar-refractivity contribution is 6.18. The van der Waals surface area contributed by atoms with E-state index in [2.05, 4.69) is 10.2 Å². The molecule has 1 heterocycles. The second kappa shape index (κ2) is 6.20. The van der Waals surface area contributed by atoms with Crippen molar-refractivity contribution in [3.05, 3.63) is 29.0 Å². The van der Waals surface area contributed by atoms with Gasteiger partial charge < -0.3 is 10.2 Å². The molecule has 0 saturated heterocycles. The highest BCUT2D eigenvalue weighted by Gasteiger charge is 2.43. The fraction of sp³-hybridized carbons (Fsp3) is 0.438. The number of hydrogen-bond acceptors (Lipinski definition) is 3. The third-order valence-corrected chi connectivity index (χ3v) is 4.91. The van der Waals surface area contributed by atoms with E-state index in [0.29, 0.717) is 0 Å². The van der Waals surface area contributed by atoms with Gasteiger partial charge in [0.15, 0.2) is 0 Å². The van der Waals surface area contributed by atoms with Gasteiger partial charge in [-0.25, -0.2) is 0 Å². The number of halogens is 1. The van der Waals surface area contributed by atoms with Crippen LogP contribution in [0.4, 0.5) is 0 Å². The maximum atomic E-state index is 11.8. The standard InChI is InChI=1S/C16H19ClN2O4/c1-8-4-10(11(6-17)12-7-18-19-13(8)12)5-16(3,15(22)23)9(2)14(20)21/h4,7,9H,5-6H2,1-3H3,(H,18,19)(H,20,21)(H,22,23)/t9?,16-/m0/s1. The van der Waals surface area contributed by atoms with E-state index in [4.69, 9.17) is 11.6 Å². The van der Waals surface area contributed by atoms with Crippen molar-refractivity contribution >= 4 is 34.4 Å². The summed E-state index contributed by atoms with van der Waals surface area (Å²) in [5.74, 6) is -3.12. The Hall–Kier alpha value is -2.08. The molecule has 2 aromatic rings. The molecule has 6 nitrogen and oxygen atoms in total. The molecule has 0 aliphatic carbocycles. The fourth-order valence-electron chi connectivity index (χ4n) is 2.81. The van der Waals surface area contributed by atoms with Crippen LogP contribution in [0.2, 0.25) is 0 Å². The van der Waals surface area contributed by atoms with Gasteiger partial charge in [-0.2, -0.15) is 5.10 Å². The lowest BCUT2D eigenvalue weighted by Gasteiger charge is -2.30. The summed E-state index contributed by atoms with van der Waals surface area (Å²) in [4.78, 5) is 23.1. The van der Waals surface area contributed by atoms with Gasteiger partial charge in [-0.15, -0.1) is 11.6 Å². The van der Waals surface area contributed by atoms with E-state index >= 15 is 0 Å². The second-order valence-electron chi connectivity index (χ2n) is 6.08. The van der Waals surface area contributed by atoms with Gasteiger partial charge in [-0.1, -0.05) is 13.0 Å². The van der Waals surface area contributed by atoms with Crippen LogP contribution >= 0.6 is 11.6 Å². The molecule has 23 heavy (non-hydrogen) atoms. The molecule has 0 spiro atoms. The molecule has 0 fully saturated rings. The van der Waals surface area contributed by atoms with Crippen LogP contribution in [-0.2, 0) is 21.9 Å². The van der Waals surface area contributed by atoms with Crippen molar-refractivity contribution in [3.8, 4) is 0 Å². The topological polar surface area (TPSA) is 103 Å². The first-order valence-corrected chi connectivity index (χ1v) is 7.72. The average molecular weight is 339 g/mol. The number of benzene rings is 1.